The number of aromatic nitrogens is 5. The zero-order valence-electron chi connectivity index (χ0n) is 21.4. The topological polar surface area (TPSA) is 75.0 Å². The predicted molar refractivity (Wildman–Crippen MR) is 144 cm³/mol. The van der Waals surface area contributed by atoms with Gasteiger partial charge in [0, 0.05) is 74.7 Å². The number of pyridine rings is 2. The fourth-order valence-electron chi connectivity index (χ4n) is 5.05. The Morgan fingerprint density at radius 3 is 2.49 bits per heavy atom. The van der Waals surface area contributed by atoms with Crippen LogP contribution in [-0.2, 0) is 13.2 Å². The second-order valence-electron chi connectivity index (χ2n) is 9.80. The molecule has 0 radical (unpaired) electrons. The van der Waals surface area contributed by atoms with Gasteiger partial charge in [-0.15, -0.1) is 0 Å². The molecule has 1 fully saturated rings. The summed E-state index contributed by atoms with van der Waals surface area (Å²) in [6, 6.07) is 11.7. The van der Waals surface area contributed by atoms with E-state index in [1.165, 1.54) is 15.2 Å². The lowest BCUT2D eigenvalue weighted by Crippen LogP contribution is -2.45. The first kappa shape index (κ1) is 24.9. The number of fused-ring (bicyclic) bond motifs is 1. The first-order valence-electron chi connectivity index (χ1n) is 12.5. The Bertz CT molecular complexity index is 1730. The molecule has 0 spiro atoms. The maximum Gasteiger partial charge on any atom is 0.418 e. The number of hydrogen-bond acceptors (Lipinski definition) is 5. The number of aryl methyl sites for hydroxylation is 1. The molecule has 4 aromatic heterocycles. The van der Waals surface area contributed by atoms with Gasteiger partial charge in [0.2, 0.25) is 0 Å². The van der Waals surface area contributed by atoms with E-state index in [4.69, 9.17) is 0 Å². The monoisotopic (exact) mass is 533 g/mol. The number of anilines is 1. The van der Waals surface area contributed by atoms with Crippen LogP contribution >= 0.6 is 0 Å². The van der Waals surface area contributed by atoms with Crippen LogP contribution < -0.4 is 10.6 Å². The number of hydrogen-bond donors (Lipinski definition) is 1. The van der Waals surface area contributed by atoms with Crippen LogP contribution in [-0.4, -0.2) is 62.2 Å². The molecule has 1 N–H and O–H groups in total. The highest BCUT2D eigenvalue weighted by Crippen LogP contribution is 2.39. The van der Waals surface area contributed by atoms with Gasteiger partial charge in [-0.2, -0.15) is 13.2 Å². The summed E-state index contributed by atoms with van der Waals surface area (Å²) in [4.78, 5) is 29.0. The number of imidazole rings is 1. The van der Waals surface area contributed by atoms with Gasteiger partial charge in [0.05, 0.1) is 22.6 Å². The quantitative estimate of drug-likeness (QED) is 0.367. The third kappa shape index (κ3) is 4.59. The third-order valence-corrected chi connectivity index (χ3v) is 7.19. The summed E-state index contributed by atoms with van der Waals surface area (Å²) in [6.45, 7) is 2.34. The molecule has 0 amide bonds. The van der Waals surface area contributed by atoms with Gasteiger partial charge in [0.1, 0.15) is 5.65 Å². The molecule has 39 heavy (non-hydrogen) atoms. The van der Waals surface area contributed by atoms with Crippen LogP contribution in [0.4, 0.5) is 18.9 Å². The summed E-state index contributed by atoms with van der Waals surface area (Å²) in [6.07, 6.45) is 2.17. The number of nitrogens with zero attached hydrogens (tertiary/aromatic N) is 6. The van der Waals surface area contributed by atoms with E-state index in [0.717, 1.165) is 28.2 Å². The van der Waals surface area contributed by atoms with E-state index in [1.807, 2.05) is 37.5 Å². The van der Waals surface area contributed by atoms with Crippen molar-refractivity contribution in [2.75, 3.05) is 38.1 Å². The van der Waals surface area contributed by atoms with Crippen molar-refractivity contribution < 1.29 is 13.2 Å². The van der Waals surface area contributed by atoms with Gasteiger partial charge in [0.15, 0.2) is 0 Å². The van der Waals surface area contributed by atoms with Crippen LogP contribution in [0.2, 0.25) is 0 Å². The molecule has 0 bridgehead atoms. The maximum absolute atomic E-state index is 14.3. The first-order chi connectivity index (χ1) is 18.7. The zero-order chi connectivity index (χ0) is 27.3. The van der Waals surface area contributed by atoms with Crippen molar-refractivity contribution in [2.45, 2.75) is 6.18 Å². The largest absolute Gasteiger partial charge is 0.418 e. The standard InChI is InChI=1S/C28H26F3N7O/c1-35-9-11-37(12-10-35)24-4-3-21(15-22(24)28(29,30)31)38-25(17-36(2)27(38)39)23-14-18(5-7-32-23)20-13-19-6-8-33-26(19)34-16-20/h3-8,13-17H,9-12H2,1-2H3,(H,33,34). The van der Waals surface area contributed by atoms with Crippen LogP contribution in [0.5, 0.6) is 0 Å². The molecule has 8 nitrogen and oxygen atoms in total. The summed E-state index contributed by atoms with van der Waals surface area (Å²) in [5.41, 5.74) is 2.31. The number of benzene rings is 1. The minimum atomic E-state index is -4.59. The molecule has 1 aliphatic rings. The van der Waals surface area contributed by atoms with Gasteiger partial charge in [-0.05, 0) is 55.1 Å². The van der Waals surface area contributed by atoms with Gasteiger partial charge < -0.3 is 19.4 Å². The number of rotatable bonds is 4. The predicted octanol–water partition coefficient (Wildman–Crippen LogP) is 4.55. The molecule has 1 saturated heterocycles. The zero-order valence-corrected chi connectivity index (χ0v) is 21.4. The molecule has 5 aromatic rings. The molecule has 0 unspecified atom stereocenters. The van der Waals surface area contributed by atoms with E-state index in [2.05, 4.69) is 19.9 Å². The fourth-order valence-corrected chi connectivity index (χ4v) is 5.05. The Balaban J connectivity index is 1.45. The number of H-pyrrole nitrogens is 1. The molecule has 0 atom stereocenters. The number of likely N-dealkylation sites (N-methyl/N-ethyl adjacent to an activating group) is 1. The van der Waals surface area contributed by atoms with E-state index in [1.54, 1.807) is 36.6 Å². The second-order valence-corrected chi connectivity index (χ2v) is 9.80. The fraction of sp³-hybridized carbons (Fsp3) is 0.250. The molecule has 5 heterocycles. The van der Waals surface area contributed by atoms with Crippen molar-refractivity contribution in [3.8, 4) is 28.2 Å². The van der Waals surface area contributed by atoms with Gasteiger partial charge >= 0.3 is 11.9 Å². The second kappa shape index (κ2) is 9.42. The van der Waals surface area contributed by atoms with E-state index in [9.17, 15) is 18.0 Å². The minimum absolute atomic E-state index is 0.123. The lowest BCUT2D eigenvalue weighted by atomic mass is 10.1. The smallest absolute Gasteiger partial charge is 0.368 e. The summed E-state index contributed by atoms with van der Waals surface area (Å²) >= 11 is 0. The van der Waals surface area contributed by atoms with E-state index in [-0.39, 0.29) is 11.4 Å². The normalized spacial score (nSPS) is 14.8. The number of nitrogens with one attached hydrogen (secondary N) is 1. The highest BCUT2D eigenvalue weighted by molar-refractivity contribution is 5.82. The van der Waals surface area contributed by atoms with Gasteiger partial charge in [0.25, 0.3) is 0 Å². The minimum Gasteiger partial charge on any atom is -0.368 e. The Morgan fingerprint density at radius 1 is 0.923 bits per heavy atom. The van der Waals surface area contributed by atoms with Gasteiger partial charge in [-0.1, -0.05) is 0 Å². The van der Waals surface area contributed by atoms with Crippen molar-refractivity contribution >= 4 is 16.7 Å². The lowest BCUT2D eigenvalue weighted by molar-refractivity contribution is -0.137. The van der Waals surface area contributed by atoms with Crippen LogP contribution in [0.25, 0.3) is 39.2 Å². The molecular weight excluding hydrogens is 507 g/mol. The van der Waals surface area contributed by atoms with E-state index >= 15 is 0 Å². The van der Waals surface area contributed by atoms with Crippen molar-refractivity contribution in [3.63, 3.8) is 0 Å². The van der Waals surface area contributed by atoms with Gasteiger partial charge in [-0.25, -0.2) is 9.78 Å². The molecule has 1 aromatic carbocycles. The van der Waals surface area contributed by atoms with Crippen LogP contribution in [0.3, 0.4) is 0 Å². The molecule has 11 heteroatoms. The molecule has 200 valence electrons. The SMILES string of the molecule is CN1CCN(c2ccc(-n3c(-c4cc(-c5cnc6[nH]ccc6c5)ccn4)cn(C)c3=O)cc2C(F)(F)F)CC1. The lowest BCUT2D eigenvalue weighted by Gasteiger charge is -2.35. The summed E-state index contributed by atoms with van der Waals surface area (Å²) in [5.74, 6) is 0. The molecule has 0 saturated carbocycles. The molecule has 1 aliphatic heterocycles. The van der Waals surface area contributed by atoms with E-state index < -0.39 is 17.4 Å². The first-order valence-corrected chi connectivity index (χ1v) is 12.5. The average Bonchev–Trinajstić information content (AvgIpc) is 3.52. The van der Waals surface area contributed by atoms with Crippen molar-refractivity contribution in [3.05, 3.63) is 83.3 Å². The maximum atomic E-state index is 14.3. The van der Waals surface area contributed by atoms with Gasteiger partial charge in [-0.3, -0.25) is 9.55 Å². The third-order valence-electron chi connectivity index (χ3n) is 7.19. The van der Waals surface area contributed by atoms with Crippen LogP contribution in [0.15, 0.2) is 72.0 Å². The Kier molecular flexibility index (Phi) is 6.02. The number of alkyl halides is 3. The molecule has 0 aliphatic carbocycles. The van der Waals surface area contributed by atoms with Crippen LogP contribution in [0, 0.1) is 0 Å². The summed E-state index contributed by atoms with van der Waals surface area (Å²) < 4.78 is 45.5. The summed E-state index contributed by atoms with van der Waals surface area (Å²) in [7, 11) is 3.52. The Morgan fingerprint density at radius 2 is 1.72 bits per heavy atom. The Labute approximate surface area is 222 Å². The highest BCUT2D eigenvalue weighted by Gasteiger charge is 2.36. The average molecular weight is 534 g/mol. The number of halogens is 3. The number of piperazine rings is 1. The van der Waals surface area contributed by atoms with Crippen molar-refractivity contribution in [1.82, 2.24) is 29.0 Å². The summed E-state index contributed by atoms with van der Waals surface area (Å²) in [5, 5.41) is 0.947. The van der Waals surface area contributed by atoms with E-state index in [0.29, 0.717) is 37.6 Å². The molecular formula is C28H26F3N7O. The number of aromatic amines is 1. The van der Waals surface area contributed by atoms with Crippen LogP contribution in [0.1, 0.15) is 5.56 Å². The Hall–Kier alpha value is -4.38. The van der Waals surface area contributed by atoms with Crippen molar-refractivity contribution in [2.24, 2.45) is 7.05 Å². The van der Waals surface area contributed by atoms with Crippen molar-refractivity contribution in [1.29, 1.82) is 0 Å². The highest BCUT2D eigenvalue weighted by atomic mass is 19.4. The molecule has 6 rings (SSSR count).